The van der Waals surface area contributed by atoms with Crippen molar-refractivity contribution in [1.82, 2.24) is 14.7 Å². The summed E-state index contributed by atoms with van der Waals surface area (Å²) in [7, 11) is -2.49. The van der Waals surface area contributed by atoms with Gasteiger partial charge in [0.05, 0.1) is 18.3 Å². The van der Waals surface area contributed by atoms with Gasteiger partial charge in [-0.15, -0.1) is 0 Å². The van der Waals surface area contributed by atoms with Gasteiger partial charge in [-0.05, 0) is 24.3 Å². The Morgan fingerprint density at radius 3 is 2.59 bits per heavy atom. The van der Waals surface area contributed by atoms with E-state index >= 15 is 0 Å². The van der Waals surface area contributed by atoms with Crippen molar-refractivity contribution in [1.29, 1.82) is 0 Å². The zero-order valence-electron chi connectivity index (χ0n) is 11.7. The lowest BCUT2D eigenvalue weighted by atomic mass is 10.2. The Balaban J connectivity index is 2.18. The molecule has 0 saturated heterocycles. The van der Waals surface area contributed by atoms with Gasteiger partial charge in [0.1, 0.15) is 11.8 Å². The highest BCUT2D eigenvalue weighted by atomic mass is 32.2. The molecule has 0 amide bonds. The van der Waals surface area contributed by atoms with E-state index in [2.05, 4.69) is 14.7 Å². The van der Waals surface area contributed by atoms with Gasteiger partial charge in [-0.3, -0.25) is 4.79 Å². The number of carboxylic acid groups (broad SMARTS) is 1. The molecule has 0 aliphatic carbocycles. The van der Waals surface area contributed by atoms with Crippen LogP contribution in [0.5, 0.6) is 5.75 Å². The molecule has 22 heavy (non-hydrogen) atoms. The van der Waals surface area contributed by atoms with Crippen molar-refractivity contribution in [2.75, 3.05) is 7.11 Å². The highest BCUT2D eigenvalue weighted by Gasteiger charge is 2.26. The van der Waals surface area contributed by atoms with Crippen molar-refractivity contribution >= 4 is 16.0 Å². The van der Waals surface area contributed by atoms with Crippen molar-refractivity contribution in [2.45, 2.75) is 17.4 Å². The van der Waals surface area contributed by atoms with Gasteiger partial charge >= 0.3 is 5.97 Å². The van der Waals surface area contributed by atoms with E-state index in [0.29, 0.717) is 11.4 Å². The number of carbonyl (C=O) groups is 1. The van der Waals surface area contributed by atoms with Crippen LogP contribution in [0.25, 0.3) is 0 Å². The molecule has 8 nitrogen and oxygen atoms in total. The van der Waals surface area contributed by atoms with E-state index in [9.17, 15) is 18.3 Å². The highest BCUT2D eigenvalue weighted by Crippen LogP contribution is 2.16. The number of sulfonamides is 1. The molecule has 0 radical (unpaired) electrons. The minimum atomic E-state index is -3.95. The molecule has 1 aromatic carbocycles. The number of aromatic nitrogens is 2. The summed E-state index contributed by atoms with van der Waals surface area (Å²) in [6, 6.07) is 4.36. The molecular formula is C13H15N3O5S. The number of nitrogens with one attached hydrogen (secondary N) is 2. The van der Waals surface area contributed by atoms with Gasteiger partial charge < -0.3 is 14.8 Å². The number of nitrogens with zero attached hydrogens (tertiary/aromatic N) is 1. The predicted octanol–water partition coefficient (Wildman–Crippen LogP) is 0.392. The minimum absolute atomic E-state index is 0.0370. The number of benzene rings is 1. The van der Waals surface area contributed by atoms with Crippen molar-refractivity contribution in [2.24, 2.45) is 0 Å². The number of ether oxygens (including phenoxy) is 1. The Morgan fingerprint density at radius 1 is 1.41 bits per heavy atom. The van der Waals surface area contributed by atoms with Gasteiger partial charge in [0.2, 0.25) is 10.0 Å². The number of hydrogen-bond donors (Lipinski definition) is 3. The molecule has 9 heteroatoms. The first-order chi connectivity index (χ1) is 10.4. The lowest BCUT2D eigenvalue weighted by Crippen LogP contribution is -2.42. The fourth-order valence-corrected chi connectivity index (χ4v) is 3.00. The van der Waals surface area contributed by atoms with Crippen LogP contribution in [0.3, 0.4) is 0 Å². The molecule has 2 aromatic rings. The maximum absolute atomic E-state index is 12.2. The van der Waals surface area contributed by atoms with E-state index in [1.54, 1.807) is 0 Å². The number of aliphatic carboxylic acids is 1. The SMILES string of the molecule is COc1ccc(S(=O)(=O)N[C@@H](Cc2cnc[nH]2)C(=O)O)cc1. The molecule has 0 saturated carbocycles. The molecule has 0 fully saturated rings. The normalized spacial score (nSPS) is 12.8. The molecule has 118 valence electrons. The smallest absolute Gasteiger partial charge is 0.322 e. The van der Waals surface area contributed by atoms with Crippen LogP contribution >= 0.6 is 0 Å². The lowest BCUT2D eigenvalue weighted by Gasteiger charge is -2.14. The summed E-state index contributed by atoms with van der Waals surface area (Å²) in [6.07, 6.45) is 2.80. The van der Waals surface area contributed by atoms with Crippen molar-refractivity contribution < 1.29 is 23.1 Å². The highest BCUT2D eigenvalue weighted by molar-refractivity contribution is 7.89. The number of aromatic amines is 1. The molecule has 0 aliphatic heterocycles. The van der Waals surface area contributed by atoms with E-state index in [1.165, 1.54) is 43.9 Å². The van der Waals surface area contributed by atoms with E-state index in [4.69, 9.17) is 4.74 Å². The Bertz CT molecular complexity index is 726. The van der Waals surface area contributed by atoms with Crippen LogP contribution in [0.15, 0.2) is 41.7 Å². The number of hydrogen-bond acceptors (Lipinski definition) is 5. The zero-order chi connectivity index (χ0) is 16.2. The first-order valence-electron chi connectivity index (χ1n) is 6.29. The molecule has 0 spiro atoms. The molecule has 3 N–H and O–H groups in total. The number of imidazole rings is 1. The van der Waals surface area contributed by atoms with E-state index < -0.39 is 22.0 Å². The number of methoxy groups -OCH3 is 1. The topological polar surface area (TPSA) is 121 Å². The molecule has 1 heterocycles. The van der Waals surface area contributed by atoms with Crippen LogP contribution < -0.4 is 9.46 Å². The van der Waals surface area contributed by atoms with Crippen LogP contribution in [0.4, 0.5) is 0 Å². The van der Waals surface area contributed by atoms with Crippen LogP contribution in [0.1, 0.15) is 5.69 Å². The quantitative estimate of drug-likeness (QED) is 0.677. The Kier molecular flexibility index (Phi) is 4.78. The van der Waals surface area contributed by atoms with E-state index in [0.717, 1.165) is 0 Å². The average molecular weight is 325 g/mol. The van der Waals surface area contributed by atoms with Crippen LogP contribution in [0, 0.1) is 0 Å². The fourth-order valence-electron chi connectivity index (χ4n) is 1.81. The average Bonchev–Trinajstić information content (AvgIpc) is 2.99. The molecule has 1 atom stereocenters. The molecule has 0 bridgehead atoms. The minimum Gasteiger partial charge on any atom is -0.497 e. The van der Waals surface area contributed by atoms with Crippen molar-refractivity contribution in [3.63, 3.8) is 0 Å². The summed E-state index contributed by atoms with van der Waals surface area (Å²) in [4.78, 5) is 17.7. The summed E-state index contributed by atoms with van der Waals surface area (Å²) in [6.45, 7) is 0. The largest absolute Gasteiger partial charge is 0.497 e. The predicted molar refractivity (Wildman–Crippen MR) is 77.0 cm³/mol. The van der Waals surface area contributed by atoms with Crippen molar-refractivity contribution in [3.05, 3.63) is 42.5 Å². The second-order valence-electron chi connectivity index (χ2n) is 4.47. The summed E-state index contributed by atoms with van der Waals surface area (Å²) in [5.41, 5.74) is 0.518. The maximum atomic E-state index is 12.2. The van der Waals surface area contributed by atoms with Crippen LogP contribution in [-0.4, -0.2) is 42.6 Å². The monoisotopic (exact) mass is 325 g/mol. The first kappa shape index (κ1) is 16.0. The van der Waals surface area contributed by atoms with E-state index in [-0.39, 0.29) is 11.3 Å². The lowest BCUT2D eigenvalue weighted by molar-refractivity contribution is -0.138. The molecular weight excluding hydrogens is 310 g/mol. The maximum Gasteiger partial charge on any atom is 0.322 e. The van der Waals surface area contributed by atoms with E-state index in [1.807, 2.05) is 0 Å². The Morgan fingerprint density at radius 2 is 2.09 bits per heavy atom. The third-order valence-electron chi connectivity index (χ3n) is 2.94. The fraction of sp³-hybridized carbons (Fsp3) is 0.231. The van der Waals surface area contributed by atoms with Crippen molar-refractivity contribution in [3.8, 4) is 5.75 Å². The molecule has 1 aromatic heterocycles. The van der Waals surface area contributed by atoms with Gasteiger partial charge in [0.15, 0.2) is 0 Å². The van der Waals surface area contributed by atoms with Gasteiger partial charge in [0, 0.05) is 18.3 Å². The summed E-state index contributed by atoms with van der Waals surface area (Å²) < 4.78 is 31.6. The third-order valence-corrected chi connectivity index (χ3v) is 4.43. The first-order valence-corrected chi connectivity index (χ1v) is 7.77. The van der Waals surface area contributed by atoms with Crippen LogP contribution in [-0.2, 0) is 21.2 Å². The summed E-state index contributed by atoms with van der Waals surface area (Å²) in [5.74, 6) is -0.766. The second-order valence-corrected chi connectivity index (χ2v) is 6.18. The van der Waals surface area contributed by atoms with Gasteiger partial charge in [-0.25, -0.2) is 13.4 Å². The molecule has 0 unspecified atom stereocenters. The second kappa shape index (κ2) is 6.58. The molecule has 2 rings (SSSR count). The van der Waals surface area contributed by atoms with Gasteiger partial charge in [-0.2, -0.15) is 4.72 Å². The number of carboxylic acids is 1. The van der Waals surface area contributed by atoms with Crippen LogP contribution in [0.2, 0.25) is 0 Å². The zero-order valence-corrected chi connectivity index (χ0v) is 12.5. The number of rotatable bonds is 7. The molecule has 0 aliphatic rings. The Labute approximate surface area is 127 Å². The Hall–Kier alpha value is -2.39. The van der Waals surface area contributed by atoms with Gasteiger partial charge in [-0.1, -0.05) is 0 Å². The number of H-pyrrole nitrogens is 1. The van der Waals surface area contributed by atoms with Gasteiger partial charge in [0.25, 0.3) is 0 Å². The summed E-state index contributed by atoms with van der Waals surface area (Å²) >= 11 is 0. The summed E-state index contributed by atoms with van der Waals surface area (Å²) in [5, 5.41) is 9.18. The third kappa shape index (κ3) is 3.83. The standard InChI is InChI=1S/C13H15N3O5S/c1-21-10-2-4-11(5-3-10)22(19,20)16-12(13(17)18)6-9-7-14-8-15-9/h2-5,7-8,12,16H,6H2,1H3,(H,14,15)(H,17,18)/t12-/m0/s1.